The van der Waals surface area contributed by atoms with E-state index in [9.17, 15) is 0 Å². The fourth-order valence-corrected chi connectivity index (χ4v) is 3.75. The van der Waals surface area contributed by atoms with Crippen LogP contribution in [-0.2, 0) is 4.84 Å². The van der Waals surface area contributed by atoms with Crippen LogP contribution in [0.25, 0.3) is 0 Å². The number of quaternary nitrogens is 1. The van der Waals surface area contributed by atoms with Crippen LogP contribution in [0.2, 0.25) is 0 Å². The van der Waals surface area contributed by atoms with Crippen LogP contribution in [0, 0.1) is 11.8 Å². The van der Waals surface area contributed by atoms with Gasteiger partial charge < -0.3 is 4.84 Å². The Labute approximate surface area is 113 Å². The molecule has 0 bridgehead atoms. The number of hydrogen-bond donors (Lipinski definition) is 0. The summed E-state index contributed by atoms with van der Waals surface area (Å²) in [7, 11) is 4.32. The molecule has 1 saturated carbocycles. The summed E-state index contributed by atoms with van der Waals surface area (Å²) in [5, 5.41) is 0. The molecule has 0 radical (unpaired) electrons. The van der Waals surface area contributed by atoms with E-state index in [-0.39, 0.29) is 5.54 Å². The Bertz CT molecular complexity index is 339. The molecule has 0 amide bonds. The number of rotatable bonds is 7. The summed E-state index contributed by atoms with van der Waals surface area (Å²) < 4.78 is 0.573. The predicted octanol–water partition coefficient (Wildman–Crippen LogP) is 4.30. The smallest absolute Gasteiger partial charge is 0.157 e. The molecular formula is C16H30NO+. The van der Waals surface area contributed by atoms with E-state index in [0.29, 0.717) is 16.5 Å². The molecule has 0 aliphatic heterocycles. The zero-order valence-corrected chi connectivity index (χ0v) is 13.0. The van der Waals surface area contributed by atoms with Crippen LogP contribution in [-0.4, -0.2) is 24.3 Å². The molecule has 0 N–H and O–H groups in total. The van der Waals surface area contributed by atoms with E-state index in [2.05, 4.69) is 48.0 Å². The van der Waals surface area contributed by atoms with Crippen LogP contribution < -0.4 is 0 Å². The van der Waals surface area contributed by atoms with E-state index >= 15 is 0 Å². The lowest BCUT2D eigenvalue weighted by atomic mass is 9.83. The summed E-state index contributed by atoms with van der Waals surface area (Å²) in [4.78, 5) is 6.03. The molecule has 1 rings (SSSR count). The van der Waals surface area contributed by atoms with Gasteiger partial charge >= 0.3 is 0 Å². The molecule has 1 unspecified atom stereocenters. The van der Waals surface area contributed by atoms with Crippen molar-refractivity contribution < 1.29 is 9.48 Å². The maximum absolute atomic E-state index is 6.03. The van der Waals surface area contributed by atoms with Crippen LogP contribution >= 0.6 is 0 Å². The van der Waals surface area contributed by atoms with Gasteiger partial charge in [0, 0.05) is 18.8 Å². The third-order valence-corrected chi connectivity index (χ3v) is 4.79. The number of allylic oxidation sites excluding steroid dienone is 2. The van der Waals surface area contributed by atoms with Gasteiger partial charge in [0.1, 0.15) is 19.6 Å². The minimum Gasteiger partial charge on any atom is -0.321 e. The van der Waals surface area contributed by atoms with Gasteiger partial charge in [0.2, 0.25) is 0 Å². The second-order valence-electron chi connectivity index (χ2n) is 6.25. The van der Waals surface area contributed by atoms with Crippen molar-refractivity contribution in [2.75, 3.05) is 14.1 Å². The molecule has 0 spiro atoms. The van der Waals surface area contributed by atoms with Gasteiger partial charge in [-0.25, -0.2) is 0 Å². The van der Waals surface area contributed by atoms with Crippen molar-refractivity contribution in [1.82, 2.24) is 0 Å². The fourth-order valence-electron chi connectivity index (χ4n) is 3.75. The highest BCUT2D eigenvalue weighted by Gasteiger charge is 2.61. The average molecular weight is 252 g/mol. The highest BCUT2D eigenvalue weighted by atomic mass is 16.7. The molecular weight excluding hydrogens is 222 g/mol. The molecule has 1 aliphatic carbocycles. The first-order valence-corrected chi connectivity index (χ1v) is 7.06. The first kappa shape index (κ1) is 15.3. The molecule has 2 atom stereocenters. The van der Waals surface area contributed by atoms with E-state index in [1.165, 1.54) is 12.0 Å². The molecule has 0 aromatic heterocycles. The van der Waals surface area contributed by atoms with Crippen molar-refractivity contribution in [3.8, 4) is 0 Å². The van der Waals surface area contributed by atoms with Crippen molar-refractivity contribution >= 4 is 0 Å². The zero-order chi connectivity index (χ0) is 14.1. The Kier molecular flexibility index (Phi) is 4.32. The number of hydroxylamine groups is 3. The van der Waals surface area contributed by atoms with Crippen molar-refractivity contribution in [2.24, 2.45) is 11.8 Å². The van der Waals surface area contributed by atoms with Gasteiger partial charge in [-0.15, -0.1) is 4.65 Å². The SMILES string of the molecule is C=C(C)O[N+](C)(C)C(CC)(CC)[C@@H]1CC1C(=C)C. The fraction of sp³-hybridized carbons (Fsp3) is 0.750. The predicted molar refractivity (Wildman–Crippen MR) is 77.7 cm³/mol. The Morgan fingerprint density at radius 3 is 2.00 bits per heavy atom. The molecule has 1 fully saturated rings. The number of hydrogen-bond acceptors (Lipinski definition) is 1. The largest absolute Gasteiger partial charge is 0.321 e. The van der Waals surface area contributed by atoms with Crippen molar-refractivity contribution in [1.29, 1.82) is 0 Å². The highest BCUT2D eigenvalue weighted by Crippen LogP contribution is 2.56. The third kappa shape index (κ3) is 2.49. The molecule has 18 heavy (non-hydrogen) atoms. The molecule has 2 heteroatoms. The van der Waals surface area contributed by atoms with Gasteiger partial charge in [-0.05, 0) is 26.2 Å². The third-order valence-electron chi connectivity index (χ3n) is 4.79. The topological polar surface area (TPSA) is 9.23 Å². The van der Waals surface area contributed by atoms with Gasteiger partial charge in [0.15, 0.2) is 5.76 Å². The summed E-state index contributed by atoms with van der Waals surface area (Å²) in [6, 6.07) is 0. The van der Waals surface area contributed by atoms with Gasteiger partial charge in [-0.3, -0.25) is 0 Å². The zero-order valence-electron chi connectivity index (χ0n) is 13.0. The minimum atomic E-state index is 0.169. The van der Waals surface area contributed by atoms with Crippen molar-refractivity contribution in [2.45, 2.75) is 52.5 Å². The summed E-state index contributed by atoms with van der Waals surface area (Å²) in [6.45, 7) is 16.7. The standard InChI is InChI=1S/C16H30NO/c1-9-16(10-2,15-11-14(15)12(3)4)17(7,8)18-13(5)6/h14-15H,3,5,9-11H2,1-2,4,6-8H3/q+1/t14?,15-/m1/s1. The lowest BCUT2D eigenvalue weighted by Crippen LogP contribution is -2.60. The van der Waals surface area contributed by atoms with E-state index in [0.717, 1.165) is 18.6 Å². The molecule has 0 aromatic rings. The molecule has 0 aromatic carbocycles. The highest BCUT2D eigenvalue weighted by molar-refractivity contribution is 5.14. The van der Waals surface area contributed by atoms with Crippen molar-refractivity contribution in [3.63, 3.8) is 0 Å². The molecule has 104 valence electrons. The van der Waals surface area contributed by atoms with Crippen LogP contribution in [0.4, 0.5) is 0 Å². The van der Waals surface area contributed by atoms with Crippen molar-refractivity contribution in [3.05, 3.63) is 24.5 Å². The molecule has 0 heterocycles. The second kappa shape index (κ2) is 5.08. The average Bonchev–Trinajstić information content (AvgIpc) is 2.98. The van der Waals surface area contributed by atoms with Gasteiger partial charge in [0.25, 0.3) is 0 Å². The van der Waals surface area contributed by atoms with Crippen LogP contribution in [0.1, 0.15) is 47.0 Å². The summed E-state index contributed by atoms with van der Waals surface area (Å²) in [5.41, 5.74) is 1.49. The van der Waals surface area contributed by atoms with Crippen LogP contribution in [0.3, 0.4) is 0 Å². The molecule has 2 nitrogen and oxygen atoms in total. The van der Waals surface area contributed by atoms with Crippen LogP contribution in [0.5, 0.6) is 0 Å². The maximum atomic E-state index is 6.03. The van der Waals surface area contributed by atoms with Crippen LogP contribution in [0.15, 0.2) is 24.5 Å². The summed E-state index contributed by atoms with van der Waals surface area (Å²) >= 11 is 0. The number of nitrogens with zero attached hydrogens (tertiary/aromatic N) is 1. The first-order chi connectivity index (χ1) is 8.21. The first-order valence-electron chi connectivity index (χ1n) is 7.06. The quantitative estimate of drug-likeness (QED) is 0.284. The lowest BCUT2D eigenvalue weighted by molar-refractivity contribution is -1.11. The Hall–Kier alpha value is -0.760. The minimum absolute atomic E-state index is 0.169. The molecule has 0 saturated heterocycles. The molecule has 1 aliphatic rings. The van der Waals surface area contributed by atoms with E-state index in [4.69, 9.17) is 4.84 Å². The monoisotopic (exact) mass is 252 g/mol. The maximum Gasteiger partial charge on any atom is 0.157 e. The van der Waals surface area contributed by atoms with Gasteiger partial charge in [-0.1, -0.05) is 32.6 Å². The second-order valence-corrected chi connectivity index (χ2v) is 6.25. The van der Waals surface area contributed by atoms with Gasteiger partial charge in [0.05, 0.1) is 0 Å². The van der Waals surface area contributed by atoms with Gasteiger partial charge in [-0.2, -0.15) is 0 Å². The Balaban J connectivity index is 3.01. The normalized spacial score (nSPS) is 23.7. The van der Waals surface area contributed by atoms with E-state index < -0.39 is 0 Å². The lowest BCUT2D eigenvalue weighted by Gasteiger charge is -2.46. The Morgan fingerprint density at radius 2 is 1.72 bits per heavy atom. The van der Waals surface area contributed by atoms with E-state index in [1.54, 1.807) is 0 Å². The Morgan fingerprint density at radius 1 is 1.22 bits per heavy atom. The summed E-state index contributed by atoms with van der Waals surface area (Å²) in [6.07, 6.45) is 3.51. The summed E-state index contributed by atoms with van der Waals surface area (Å²) in [5.74, 6) is 2.16. The van der Waals surface area contributed by atoms with E-state index in [1.807, 2.05) is 6.92 Å².